The van der Waals surface area contributed by atoms with Crippen LogP contribution in [-0.2, 0) is 14.3 Å². The number of epoxide rings is 1. The Bertz CT molecular complexity index is 504. The van der Waals surface area contributed by atoms with Crippen molar-refractivity contribution in [2.45, 2.75) is 64.8 Å². The highest BCUT2D eigenvalue weighted by Crippen LogP contribution is 2.74. The van der Waals surface area contributed by atoms with E-state index in [1.165, 1.54) is 5.57 Å². The zero-order valence-corrected chi connectivity index (χ0v) is 11.5. The molecular weight excluding hydrogens is 228 g/mol. The van der Waals surface area contributed by atoms with E-state index in [1.54, 1.807) is 0 Å². The van der Waals surface area contributed by atoms with Crippen LogP contribution >= 0.6 is 0 Å². The van der Waals surface area contributed by atoms with Crippen LogP contribution in [0.5, 0.6) is 0 Å². The largest absolute Gasteiger partial charge is 0.458 e. The molecule has 3 nitrogen and oxygen atoms in total. The predicted molar refractivity (Wildman–Crippen MR) is 65.9 cm³/mol. The molecule has 2 aliphatic carbocycles. The molecule has 0 N–H and O–H groups in total. The maximum Gasteiger partial charge on any atom is 0.335 e. The fraction of sp³-hybridized carbons (Fsp3) is 0.800. The maximum absolute atomic E-state index is 12.2. The molecular formula is C15H20O3. The van der Waals surface area contributed by atoms with Crippen LogP contribution in [0.2, 0.25) is 0 Å². The summed E-state index contributed by atoms with van der Waals surface area (Å²) >= 11 is 0. The van der Waals surface area contributed by atoms with Crippen molar-refractivity contribution in [3.63, 3.8) is 0 Å². The van der Waals surface area contributed by atoms with Gasteiger partial charge in [-0.25, -0.2) is 4.79 Å². The molecule has 4 rings (SSSR count). The van der Waals surface area contributed by atoms with E-state index in [9.17, 15) is 4.79 Å². The summed E-state index contributed by atoms with van der Waals surface area (Å²) in [5, 5.41) is 0. The van der Waals surface area contributed by atoms with Gasteiger partial charge in [-0.05, 0) is 38.5 Å². The molecule has 3 fully saturated rings. The minimum absolute atomic E-state index is 0.0216. The second kappa shape index (κ2) is 2.69. The summed E-state index contributed by atoms with van der Waals surface area (Å²) in [6.45, 7) is 8.84. The first kappa shape index (κ1) is 11.0. The summed E-state index contributed by atoms with van der Waals surface area (Å²) in [6, 6.07) is 0. The molecule has 0 bridgehead atoms. The minimum Gasteiger partial charge on any atom is -0.458 e. The third-order valence-corrected chi connectivity index (χ3v) is 6.07. The van der Waals surface area contributed by atoms with Gasteiger partial charge in [-0.3, -0.25) is 0 Å². The molecule has 2 saturated heterocycles. The van der Waals surface area contributed by atoms with Gasteiger partial charge in [0.1, 0.15) is 11.7 Å². The van der Waals surface area contributed by atoms with E-state index < -0.39 is 0 Å². The lowest BCUT2D eigenvalue weighted by molar-refractivity contribution is -0.144. The second-order valence-corrected chi connectivity index (χ2v) is 7.22. The zero-order chi connectivity index (χ0) is 12.9. The zero-order valence-electron chi connectivity index (χ0n) is 11.5. The van der Waals surface area contributed by atoms with E-state index in [0.717, 1.165) is 24.8 Å². The van der Waals surface area contributed by atoms with Crippen molar-refractivity contribution in [2.24, 2.45) is 10.8 Å². The van der Waals surface area contributed by atoms with Gasteiger partial charge in [0.2, 0.25) is 0 Å². The van der Waals surface area contributed by atoms with Crippen LogP contribution in [0.4, 0.5) is 0 Å². The van der Waals surface area contributed by atoms with Crippen molar-refractivity contribution < 1.29 is 14.3 Å². The van der Waals surface area contributed by atoms with E-state index in [2.05, 4.69) is 27.7 Å². The number of carbonyl (C=O) groups excluding carboxylic acids is 1. The van der Waals surface area contributed by atoms with Crippen molar-refractivity contribution >= 4 is 5.97 Å². The van der Waals surface area contributed by atoms with Crippen molar-refractivity contribution in [1.82, 2.24) is 0 Å². The monoisotopic (exact) mass is 248 g/mol. The molecule has 1 spiro atoms. The van der Waals surface area contributed by atoms with Gasteiger partial charge < -0.3 is 9.47 Å². The highest BCUT2D eigenvalue weighted by Gasteiger charge is 2.82. The van der Waals surface area contributed by atoms with Crippen LogP contribution in [0, 0.1) is 10.8 Å². The van der Waals surface area contributed by atoms with Crippen molar-refractivity contribution in [3.8, 4) is 0 Å². The summed E-state index contributed by atoms with van der Waals surface area (Å²) in [5.74, 6) is -0.0916. The summed E-state index contributed by atoms with van der Waals surface area (Å²) in [6.07, 6.45) is 3.25. The molecule has 0 unspecified atom stereocenters. The molecule has 2 aliphatic heterocycles. The van der Waals surface area contributed by atoms with Crippen molar-refractivity contribution in [2.75, 3.05) is 0 Å². The Morgan fingerprint density at radius 3 is 2.67 bits per heavy atom. The molecule has 2 heterocycles. The van der Waals surface area contributed by atoms with Gasteiger partial charge in [-0.2, -0.15) is 0 Å². The van der Waals surface area contributed by atoms with Crippen LogP contribution in [0.3, 0.4) is 0 Å². The Labute approximate surface area is 108 Å². The lowest BCUT2D eigenvalue weighted by Crippen LogP contribution is -2.58. The van der Waals surface area contributed by atoms with Crippen molar-refractivity contribution in [3.05, 3.63) is 11.1 Å². The summed E-state index contributed by atoms with van der Waals surface area (Å²) < 4.78 is 11.9. The third-order valence-electron chi connectivity index (χ3n) is 6.07. The summed E-state index contributed by atoms with van der Waals surface area (Å²) in [4.78, 5) is 12.2. The molecule has 0 radical (unpaired) electrons. The summed E-state index contributed by atoms with van der Waals surface area (Å²) in [5.41, 5.74) is 1.85. The average Bonchev–Trinajstić information content (AvgIpc) is 2.92. The molecule has 18 heavy (non-hydrogen) atoms. The van der Waals surface area contributed by atoms with Gasteiger partial charge in [0, 0.05) is 5.57 Å². The van der Waals surface area contributed by atoms with Crippen LogP contribution < -0.4 is 0 Å². The first-order valence-electron chi connectivity index (χ1n) is 6.93. The van der Waals surface area contributed by atoms with E-state index in [0.29, 0.717) is 6.10 Å². The van der Waals surface area contributed by atoms with E-state index in [4.69, 9.17) is 9.47 Å². The molecule has 4 atom stereocenters. The molecule has 3 heteroatoms. The van der Waals surface area contributed by atoms with Gasteiger partial charge in [0.05, 0.1) is 11.5 Å². The number of hydrogen-bond donors (Lipinski definition) is 0. The first-order chi connectivity index (χ1) is 8.34. The number of ether oxygens (including phenoxy) is 2. The fourth-order valence-electron chi connectivity index (χ4n) is 5.26. The highest BCUT2D eigenvalue weighted by molar-refractivity contribution is 5.95. The van der Waals surface area contributed by atoms with E-state index >= 15 is 0 Å². The standard InChI is InChI=1S/C15H20O3/c1-8-7-10-15(18-10)13(2,3)6-5-9-14(15,4)11(8)12(16)17-9/h9-10H,5-7H2,1-4H3/t9-,10-,14+,15+/m0/s1. The molecule has 0 aromatic heterocycles. The normalized spacial score (nSPS) is 51.7. The Morgan fingerprint density at radius 2 is 1.94 bits per heavy atom. The Balaban J connectivity index is 1.99. The van der Waals surface area contributed by atoms with Crippen LogP contribution in [0.15, 0.2) is 11.1 Å². The molecule has 0 aromatic carbocycles. The Hall–Kier alpha value is -0.830. The lowest BCUT2D eigenvalue weighted by Gasteiger charge is -2.51. The first-order valence-corrected chi connectivity index (χ1v) is 6.93. The van der Waals surface area contributed by atoms with Crippen molar-refractivity contribution in [1.29, 1.82) is 0 Å². The summed E-state index contributed by atoms with van der Waals surface area (Å²) in [7, 11) is 0. The third kappa shape index (κ3) is 0.841. The average molecular weight is 248 g/mol. The number of carbonyl (C=O) groups is 1. The fourth-order valence-corrected chi connectivity index (χ4v) is 5.26. The van der Waals surface area contributed by atoms with E-state index in [-0.39, 0.29) is 28.5 Å². The maximum atomic E-state index is 12.2. The number of rotatable bonds is 0. The number of hydrogen-bond acceptors (Lipinski definition) is 3. The lowest BCUT2D eigenvalue weighted by atomic mass is 9.49. The molecule has 1 saturated carbocycles. The van der Waals surface area contributed by atoms with Crippen LogP contribution in [-0.4, -0.2) is 23.8 Å². The molecule has 0 aromatic rings. The van der Waals surface area contributed by atoms with Gasteiger partial charge >= 0.3 is 5.97 Å². The van der Waals surface area contributed by atoms with Gasteiger partial charge in [0.15, 0.2) is 0 Å². The second-order valence-electron chi connectivity index (χ2n) is 7.22. The predicted octanol–water partition coefficient (Wildman–Crippen LogP) is 2.60. The topological polar surface area (TPSA) is 38.8 Å². The van der Waals surface area contributed by atoms with Gasteiger partial charge in [0.25, 0.3) is 0 Å². The highest BCUT2D eigenvalue weighted by atomic mass is 16.6. The van der Waals surface area contributed by atoms with Gasteiger partial charge in [-0.15, -0.1) is 0 Å². The minimum atomic E-state index is -0.223. The molecule has 4 aliphatic rings. The smallest absolute Gasteiger partial charge is 0.335 e. The SMILES string of the molecule is CC1=C2C(=O)O[C@H]3CCC(C)(C)[C@@]4(O[C@H]4C1)[C@@]23C. The quantitative estimate of drug-likeness (QED) is 0.488. The Morgan fingerprint density at radius 1 is 1.22 bits per heavy atom. The Kier molecular flexibility index (Phi) is 1.65. The molecule has 0 amide bonds. The van der Waals surface area contributed by atoms with Gasteiger partial charge in [-0.1, -0.05) is 19.4 Å². The number of esters is 1. The van der Waals surface area contributed by atoms with Crippen LogP contribution in [0.1, 0.15) is 47.0 Å². The van der Waals surface area contributed by atoms with Crippen LogP contribution in [0.25, 0.3) is 0 Å². The molecule has 98 valence electrons. The van der Waals surface area contributed by atoms with E-state index in [1.807, 2.05) is 0 Å².